The van der Waals surface area contributed by atoms with Crippen molar-refractivity contribution in [2.75, 3.05) is 13.1 Å². The molecule has 1 aliphatic rings. The Balaban J connectivity index is 1.60. The Kier molecular flexibility index (Phi) is 7.80. The molecule has 0 bridgehead atoms. The van der Waals surface area contributed by atoms with Gasteiger partial charge >= 0.3 is 0 Å². The van der Waals surface area contributed by atoms with Crippen LogP contribution in [0, 0.1) is 11.7 Å². The molecule has 0 radical (unpaired) electrons. The van der Waals surface area contributed by atoms with E-state index in [4.69, 9.17) is 0 Å². The first-order chi connectivity index (χ1) is 14.8. The number of carbonyl (C=O) groups is 1. The molecule has 1 fully saturated rings. The highest BCUT2D eigenvalue weighted by molar-refractivity contribution is 7.89. The third kappa shape index (κ3) is 6.35. The number of amides is 1. The molecule has 8 heteroatoms. The van der Waals surface area contributed by atoms with Crippen LogP contribution in [0.2, 0.25) is 0 Å². The second kappa shape index (κ2) is 10.3. The number of rotatable bonds is 9. The molecule has 2 aromatic rings. The van der Waals surface area contributed by atoms with Gasteiger partial charge < -0.3 is 5.32 Å². The number of nitrogens with one attached hydrogen (secondary N) is 2. The van der Waals surface area contributed by atoms with Gasteiger partial charge in [0.25, 0.3) is 0 Å². The lowest BCUT2D eigenvalue weighted by atomic mass is 10.0. The zero-order valence-corrected chi connectivity index (χ0v) is 18.8. The molecule has 1 heterocycles. The van der Waals surface area contributed by atoms with E-state index in [1.807, 2.05) is 12.1 Å². The lowest BCUT2D eigenvalue weighted by molar-refractivity contribution is -0.123. The lowest BCUT2D eigenvalue weighted by Crippen LogP contribution is -2.49. The standard InChI is InChI=1S/C23H30FN3O3S/c1-17(2)22(26-31(29,30)21-8-4-3-7-20(21)24)23(28)25-15-18-9-11-19(12-10-18)16-27-13-5-6-14-27/h3-4,7-12,17,22,26H,5-6,13-16H2,1-2H3,(H,25,28)/t22-/m0/s1. The van der Waals surface area contributed by atoms with Crippen molar-refractivity contribution in [2.45, 2.75) is 50.7 Å². The van der Waals surface area contributed by atoms with Crippen molar-refractivity contribution in [2.24, 2.45) is 5.92 Å². The fraction of sp³-hybridized carbons (Fsp3) is 0.435. The van der Waals surface area contributed by atoms with E-state index in [2.05, 4.69) is 27.1 Å². The fourth-order valence-electron chi connectivity index (χ4n) is 3.65. The van der Waals surface area contributed by atoms with Crippen LogP contribution in [0.3, 0.4) is 0 Å². The minimum absolute atomic E-state index is 0.285. The summed E-state index contributed by atoms with van der Waals surface area (Å²) in [5, 5.41) is 2.79. The summed E-state index contributed by atoms with van der Waals surface area (Å²) in [6.07, 6.45) is 2.50. The summed E-state index contributed by atoms with van der Waals surface area (Å²) in [6.45, 7) is 6.96. The summed E-state index contributed by atoms with van der Waals surface area (Å²) in [4.78, 5) is 14.7. The number of hydrogen-bond donors (Lipinski definition) is 2. The van der Waals surface area contributed by atoms with Crippen molar-refractivity contribution in [3.05, 3.63) is 65.5 Å². The number of benzene rings is 2. The van der Waals surface area contributed by atoms with Gasteiger partial charge in [0, 0.05) is 13.1 Å². The molecule has 1 aliphatic heterocycles. The molecule has 2 N–H and O–H groups in total. The van der Waals surface area contributed by atoms with E-state index in [1.54, 1.807) is 13.8 Å². The predicted octanol–water partition coefficient (Wildman–Crippen LogP) is 3.04. The van der Waals surface area contributed by atoms with Crippen LogP contribution in [0.5, 0.6) is 0 Å². The van der Waals surface area contributed by atoms with Gasteiger partial charge in [-0.25, -0.2) is 12.8 Å². The molecule has 168 valence electrons. The molecule has 3 rings (SSSR count). The maximum absolute atomic E-state index is 13.9. The van der Waals surface area contributed by atoms with E-state index in [-0.39, 0.29) is 12.5 Å². The van der Waals surface area contributed by atoms with Gasteiger partial charge in [0.05, 0.1) is 0 Å². The molecular formula is C23H30FN3O3S. The van der Waals surface area contributed by atoms with E-state index in [9.17, 15) is 17.6 Å². The first kappa shape index (κ1) is 23.4. The van der Waals surface area contributed by atoms with Gasteiger partial charge in [-0.1, -0.05) is 50.2 Å². The van der Waals surface area contributed by atoms with E-state index >= 15 is 0 Å². The van der Waals surface area contributed by atoms with Crippen molar-refractivity contribution in [3.63, 3.8) is 0 Å². The Bertz CT molecular complexity index is 987. The predicted molar refractivity (Wildman–Crippen MR) is 118 cm³/mol. The molecule has 0 spiro atoms. The first-order valence-electron chi connectivity index (χ1n) is 10.6. The molecule has 0 aromatic heterocycles. The van der Waals surface area contributed by atoms with Crippen molar-refractivity contribution >= 4 is 15.9 Å². The second-order valence-electron chi connectivity index (χ2n) is 8.29. The molecule has 0 saturated carbocycles. The quantitative estimate of drug-likeness (QED) is 0.619. The largest absolute Gasteiger partial charge is 0.351 e. The zero-order valence-electron chi connectivity index (χ0n) is 18.0. The molecule has 1 amide bonds. The average Bonchev–Trinajstić information content (AvgIpc) is 3.24. The second-order valence-corrected chi connectivity index (χ2v) is 9.97. The van der Waals surface area contributed by atoms with Crippen molar-refractivity contribution in [3.8, 4) is 0 Å². The summed E-state index contributed by atoms with van der Waals surface area (Å²) < 4.78 is 41.5. The first-order valence-corrected chi connectivity index (χ1v) is 12.1. The van der Waals surface area contributed by atoms with Crippen molar-refractivity contribution in [1.82, 2.24) is 14.9 Å². The monoisotopic (exact) mass is 447 g/mol. The molecule has 31 heavy (non-hydrogen) atoms. The topological polar surface area (TPSA) is 78.5 Å². The lowest BCUT2D eigenvalue weighted by Gasteiger charge is -2.22. The summed E-state index contributed by atoms with van der Waals surface area (Å²) in [5.74, 6) is -1.62. The van der Waals surface area contributed by atoms with Gasteiger partial charge in [-0.15, -0.1) is 0 Å². The van der Waals surface area contributed by atoms with Crippen LogP contribution < -0.4 is 10.0 Å². The number of hydrogen-bond acceptors (Lipinski definition) is 4. The van der Waals surface area contributed by atoms with Crippen LogP contribution in [-0.2, 0) is 27.9 Å². The van der Waals surface area contributed by atoms with Crippen LogP contribution in [0.15, 0.2) is 53.4 Å². The van der Waals surface area contributed by atoms with E-state index in [1.165, 1.54) is 36.6 Å². The number of nitrogens with zero attached hydrogens (tertiary/aromatic N) is 1. The smallest absolute Gasteiger partial charge is 0.244 e. The minimum Gasteiger partial charge on any atom is -0.351 e. The van der Waals surface area contributed by atoms with Gasteiger partial charge in [0.2, 0.25) is 15.9 Å². The van der Waals surface area contributed by atoms with Gasteiger partial charge in [0.15, 0.2) is 0 Å². The van der Waals surface area contributed by atoms with Gasteiger partial charge in [-0.3, -0.25) is 9.69 Å². The van der Waals surface area contributed by atoms with E-state index < -0.39 is 32.7 Å². The Labute approximate surface area is 183 Å². The maximum atomic E-state index is 13.9. The van der Waals surface area contributed by atoms with Gasteiger partial charge in [-0.2, -0.15) is 4.72 Å². The highest BCUT2D eigenvalue weighted by Gasteiger charge is 2.29. The highest BCUT2D eigenvalue weighted by Crippen LogP contribution is 2.16. The molecule has 2 aromatic carbocycles. The number of likely N-dealkylation sites (tertiary alicyclic amines) is 1. The Hall–Kier alpha value is -2.29. The zero-order chi connectivity index (χ0) is 22.4. The Morgan fingerprint density at radius 1 is 1.03 bits per heavy atom. The van der Waals surface area contributed by atoms with Crippen LogP contribution in [0.25, 0.3) is 0 Å². The normalized spacial score (nSPS) is 15.9. The third-order valence-corrected chi connectivity index (χ3v) is 6.93. The SMILES string of the molecule is CC(C)[C@H](NS(=O)(=O)c1ccccc1F)C(=O)NCc1ccc(CN2CCCC2)cc1. The number of halogens is 1. The van der Waals surface area contributed by atoms with Crippen molar-refractivity contribution in [1.29, 1.82) is 0 Å². The molecule has 1 atom stereocenters. The fourth-order valence-corrected chi connectivity index (χ4v) is 5.07. The molecule has 6 nitrogen and oxygen atoms in total. The third-order valence-electron chi connectivity index (χ3n) is 5.45. The summed E-state index contributed by atoms with van der Waals surface area (Å²) in [6, 6.07) is 12.1. The van der Waals surface area contributed by atoms with Crippen molar-refractivity contribution < 1.29 is 17.6 Å². The Morgan fingerprint density at radius 2 is 1.65 bits per heavy atom. The summed E-state index contributed by atoms with van der Waals surface area (Å²) in [7, 11) is -4.17. The highest BCUT2D eigenvalue weighted by atomic mass is 32.2. The number of sulfonamides is 1. The molecule has 0 unspecified atom stereocenters. The van der Waals surface area contributed by atoms with Crippen LogP contribution >= 0.6 is 0 Å². The molecule has 0 aliphatic carbocycles. The summed E-state index contributed by atoms with van der Waals surface area (Å²) >= 11 is 0. The molecular weight excluding hydrogens is 417 g/mol. The summed E-state index contributed by atoms with van der Waals surface area (Å²) in [5.41, 5.74) is 2.16. The maximum Gasteiger partial charge on any atom is 0.244 e. The van der Waals surface area contributed by atoms with Crippen LogP contribution in [0.4, 0.5) is 4.39 Å². The Morgan fingerprint density at radius 3 is 2.26 bits per heavy atom. The van der Waals surface area contributed by atoms with Gasteiger partial charge in [0.1, 0.15) is 16.8 Å². The van der Waals surface area contributed by atoms with Crippen LogP contribution in [0.1, 0.15) is 37.8 Å². The van der Waals surface area contributed by atoms with Crippen LogP contribution in [-0.4, -0.2) is 38.4 Å². The van der Waals surface area contributed by atoms with Gasteiger partial charge in [-0.05, 0) is 55.1 Å². The minimum atomic E-state index is -4.17. The molecule has 1 saturated heterocycles. The average molecular weight is 448 g/mol. The van der Waals surface area contributed by atoms with E-state index in [0.717, 1.165) is 31.3 Å². The number of carbonyl (C=O) groups excluding carboxylic acids is 1. The van der Waals surface area contributed by atoms with E-state index in [0.29, 0.717) is 0 Å².